The van der Waals surface area contributed by atoms with E-state index in [2.05, 4.69) is 23.5 Å². The second-order valence-corrected chi connectivity index (χ2v) is 4.25. The van der Waals surface area contributed by atoms with Gasteiger partial charge in [-0.15, -0.1) is 0 Å². The predicted molar refractivity (Wildman–Crippen MR) is 77.7 cm³/mol. The van der Waals surface area contributed by atoms with E-state index in [0.717, 1.165) is 18.4 Å². The molecule has 0 spiro atoms. The van der Waals surface area contributed by atoms with Crippen molar-refractivity contribution in [1.82, 2.24) is 0 Å². The maximum absolute atomic E-state index is 11.3. The number of carbonyl (C=O) groups is 1. The minimum absolute atomic E-state index is 0.228. The lowest BCUT2D eigenvalue weighted by Gasteiger charge is -2.00. The van der Waals surface area contributed by atoms with E-state index in [-0.39, 0.29) is 12.4 Å². The summed E-state index contributed by atoms with van der Waals surface area (Å²) in [5, 5.41) is 0. The van der Waals surface area contributed by atoms with Crippen molar-refractivity contribution in [2.24, 2.45) is 0 Å². The molecule has 0 amide bonds. The molecular formula is C16H26O3. The molecule has 0 aromatic heterocycles. The maximum atomic E-state index is 11.3. The Balaban J connectivity index is 4.20. The third-order valence-corrected chi connectivity index (χ3v) is 2.62. The second-order valence-electron chi connectivity index (χ2n) is 4.25. The largest absolute Gasteiger partial charge is 0.469 e. The third kappa shape index (κ3) is 11.5. The molecule has 0 rings (SSSR count). The first-order valence-corrected chi connectivity index (χ1v) is 7.07. The lowest BCUT2D eigenvalue weighted by Crippen LogP contribution is -2.02. The van der Waals surface area contributed by atoms with E-state index < -0.39 is 0 Å². The van der Waals surface area contributed by atoms with Gasteiger partial charge in [0.25, 0.3) is 0 Å². The second kappa shape index (κ2) is 13.2. The van der Waals surface area contributed by atoms with Gasteiger partial charge in [-0.1, -0.05) is 38.0 Å². The first kappa shape index (κ1) is 17.7. The lowest BCUT2D eigenvalue weighted by molar-refractivity contribution is -0.139. The van der Waals surface area contributed by atoms with Crippen LogP contribution >= 0.6 is 0 Å². The first-order chi connectivity index (χ1) is 9.24. The van der Waals surface area contributed by atoms with Gasteiger partial charge in [0.15, 0.2) is 0 Å². The number of methoxy groups -OCH3 is 1. The Morgan fingerprint density at radius 2 is 2.00 bits per heavy atom. The van der Waals surface area contributed by atoms with Crippen LogP contribution in [0.5, 0.6) is 0 Å². The standard InChI is InChI=1S/C16H26O3/c1-4-6-7-8-9-10-11-15(12-13-19-5-2)14-16(17)18-3/h12H,4-9,13-14H2,1-3H3/b15-12-. The zero-order valence-electron chi connectivity index (χ0n) is 12.5. The monoisotopic (exact) mass is 266 g/mol. The van der Waals surface area contributed by atoms with Gasteiger partial charge in [-0.05, 0) is 19.4 Å². The number of hydrogen-bond acceptors (Lipinski definition) is 3. The summed E-state index contributed by atoms with van der Waals surface area (Å²) in [6.07, 6.45) is 7.81. The average molecular weight is 266 g/mol. The van der Waals surface area contributed by atoms with Crippen LogP contribution in [0.15, 0.2) is 11.6 Å². The molecule has 0 heterocycles. The molecule has 0 aliphatic carbocycles. The molecule has 108 valence electrons. The van der Waals surface area contributed by atoms with Crippen molar-refractivity contribution in [2.75, 3.05) is 20.3 Å². The van der Waals surface area contributed by atoms with Crippen molar-refractivity contribution >= 4 is 5.97 Å². The molecule has 0 saturated carbocycles. The molecule has 0 saturated heterocycles. The van der Waals surface area contributed by atoms with Crippen LogP contribution in [0.25, 0.3) is 0 Å². The van der Waals surface area contributed by atoms with Gasteiger partial charge in [0.1, 0.15) is 0 Å². The fourth-order valence-corrected chi connectivity index (χ4v) is 1.49. The maximum Gasteiger partial charge on any atom is 0.310 e. The smallest absolute Gasteiger partial charge is 0.310 e. The van der Waals surface area contributed by atoms with Crippen LogP contribution in [-0.2, 0) is 14.3 Å². The number of unbranched alkanes of at least 4 members (excludes halogenated alkanes) is 4. The minimum atomic E-state index is -0.261. The van der Waals surface area contributed by atoms with Crippen molar-refractivity contribution in [1.29, 1.82) is 0 Å². The summed E-state index contributed by atoms with van der Waals surface area (Å²) in [6.45, 7) is 5.28. The number of hydrogen-bond donors (Lipinski definition) is 0. The van der Waals surface area contributed by atoms with E-state index in [0.29, 0.717) is 13.2 Å². The van der Waals surface area contributed by atoms with Crippen LogP contribution in [0.3, 0.4) is 0 Å². The Kier molecular flexibility index (Phi) is 12.3. The molecule has 3 heteroatoms. The Bertz CT molecular complexity index is 321. The summed E-state index contributed by atoms with van der Waals surface area (Å²) in [4.78, 5) is 11.3. The van der Waals surface area contributed by atoms with Gasteiger partial charge in [-0.3, -0.25) is 4.79 Å². The highest BCUT2D eigenvalue weighted by Crippen LogP contribution is 2.04. The van der Waals surface area contributed by atoms with E-state index in [1.807, 2.05) is 13.0 Å². The highest BCUT2D eigenvalue weighted by molar-refractivity contribution is 5.73. The minimum Gasteiger partial charge on any atom is -0.469 e. The molecule has 0 bridgehead atoms. The van der Waals surface area contributed by atoms with Crippen LogP contribution in [0.1, 0.15) is 52.4 Å². The van der Waals surface area contributed by atoms with Crippen molar-refractivity contribution < 1.29 is 14.3 Å². The zero-order chi connectivity index (χ0) is 14.3. The first-order valence-electron chi connectivity index (χ1n) is 7.07. The quantitative estimate of drug-likeness (QED) is 0.364. The summed E-state index contributed by atoms with van der Waals surface area (Å²) in [5.41, 5.74) is 0.788. The molecule has 0 aliphatic rings. The summed E-state index contributed by atoms with van der Waals surface area (Å²) in [6, 6.07) is 0. The van der Waals surface area contributed by atoms with E-state index in [4.69, 9.17) is 4.74 Å². The molecule has 19 heavy (non-hydrogen) atoms. The zero-order valence-corrected chi connectivity index (χ0v) is 12.5. The Hall–Kier alpha value is -1.27. The Labute approximate surface area is 117 Å². The van der Waals surface area contributed by atoms with Crippen LogP contribution in [0, 0.1) is 11.8 Å². The fourth-order valence-electron chi connectivity index (χ4n) is 1.49. The van der Waals surface area contributed by atoms with Gasteiger partial charge in [0, 0.05) is 18.6 Å². The predicted octanol–water partition coefficient (Wildman–Crippen LogP) is 3.49. The van der Waals surface area contributed by atoms with Gasteiger partial charge in [-0.2, -0.15) is 0 Å². The summed E-state index contributed by atoms with van der Waals surface area (Å²) in [5.74, 6) is 5.91. The highest BCUT2D eigenvalue weighted by Gasteiger charge is 2.03. The molecule has 0 aliphatic heterocycles. The van der Waals surface area contributed by atoms with Crippen LogP contribution in [0.4, 0.5) is 0 Å². The average Bonchev–Trinajstić information content (AvgIpc) is 2.42. The number of esters is 1. The molecule has 0 atom stereocenters. The molecule has 0 radical (unpaired) electrons. The number of ether oxygens (including phenoxy) is 2. The van der Waals surface area contributed by atoms with Crippen molar-refractivity contribution in [2.45, 2.75) is 52.4 Å². The van der Waals surface area contributed by atoms with Gasteiger partial charge in [0.2, 0.25) is 0 Å². The number of rotatable bonds is 9. The Morgan fingerprint density at radius 1 is 1.21 bits per heavy atom. The Morgan fingerprint density at radius 3 is 2.63 bits per heavy atom. The SMILES string of the molecule is CCCCCCC#C/C(=C/COCC)CC(=O)OC. The van der Waals surface area contributed by atoms with Gasteiger partial charge >= 0.3 is 5.97 Å². The molecular weight excluding hydrogens is 240 g/mol. The molecule has 0 aromatic rings. The van der Waals surface area contributed by atoms with E-state index >= 15 is 0 Å². The van der Waals surface area contributed by atoms with Crippen molar-refractivity contribution in [3.05, 3.63) is 11.6 Å². The summed E-state index contributed by atoms with van der Waals surface area (Å²) < 4.78 is 9.90. The van der Waals surface area contributed by atoms with Crippen molar-refractivity contribution in [3.8, 4) is 11.8 Å². The highest BCUT2D eigenvalue weighted by atomic mass is 16.5. The third-order valence-electron chi connectivity index (χ3n) is 2.62. The molecule has 3 nitrogen and oxygen atoms in total. The molecule has 0 fully saturated rings. The lowest BCUT2D eigenvalue weighted by atomic mass is 10.1. The van der Waals surface area contributed by atoms with Crippen LogP contribution in [0.2, 0.25) is 0 Å². The van der Waals surface area contributed by atoms with Crippen LogP contribution in [-0.4, -0.2) is 26.3 Å². The fraction of sp³-hybridized carbons (Fsp3) is 0.688. The summed E-state index contributed by atoms with van der Waals surface area (Å²) >= 11 is 0. The van der Waals surface area contributed by atoms with Gasteiger partial charge < -0.3 is 9.47 Å². The summed E-state index contributed by atoms with van der Waals surface area (Å²) in [7, 11) is 1.39. The normalized spacial score (nSPS) is 10.8. The van der Waals surface area contributed by atoms with E-state index in [1.165, 1.54) is 26.4 Å². The topological polar surface area (TPSA) is 35.5 Å². The van der Waals surface area contributed by atoms with Gasteiger partial charge in [0.05, 0.1) is 20.1 Å². The molecule has 0 aromatic carbocycles. The molecule has 0 unspecified atom stereocenters. The van der Waals surface area contributed by atoms with Gasteiger partial charge in [-0.25, -0.2) is 0 Å². The van der Waals surface area contributed by atoms with Crippen LogP contribution < -0.4 is 0 Å². The number of carbonyl (C=O) groups excluding carboxylic acids is 1. The van der Waals surface area contributed by atoms with E-state index in [9.17, 15) is 4.79 Å². The molecule has 0 N–H and O–H groups in total. The van der Waals surface area contributed by atoms with E-state index in [1.54, 1.807) is 0 Å². The van der Waals surface area contributed by atoms with Crippen molar-refractivity contribution in [3.63, 3.8) is 0 Å².